The van der Waals surface area contributed by atoms with E-state index >= 15 is 0 Å². The van der Waals surface area contributed by atoms with E-state index in [0.29, 0.717) is 17.2 Å². The van der Waals surface area contributed by atoms with E-state index in [1.807, 2.05) is 6.07 Å². The Morgan fingerprint density at radius 3 is 2.59 bits per heavy atom. The molecule has 0 saturated heterocycles. The molecule has 0 radical (unpaired) electrons. The Hall–Kier alpha value is -4.07. The third-order valence-corrected chi connectivity index (χ3v) is 3.76. The Morgan fingerprint density at radius 1 is 1.07 bits per heavy atom. The number of ether oxygens (including phenoxy) is 2. The Balaban J connectivity index is 1.47. The van der Waals surface area contributed by atoms with Gasteiger partial charge in [0, 0.05) is 0 Å². The summed E-state index contributed by atoms with van der Waals surface area (Å²) in [5.74, 6) is 0.533. The lowest BCUT2D eigenvalue weighted by atomic mass is 10.2. The monoisotopic (exact) mass is 393 g/mol. The van der Waals surface area contributed by atoms with Gasteiger partial charge in [0.1, 0.15) is 11.5 Å². The van der Waals surface area contributed by atoms with Gasteiger partial charge in [-0.2, -0.15) is 5.10 Å². The molecule has 8 heteroatoms. The van der Waals surface area contributed by atoms with Gasteiger partial charge in [0.15, 0.2) is 12.4 Å². The van der Waals surface area contributed by atoms with Crippen molar-refractivity contribution in [1.29, 1.82) is 0 Å². The maximum atomic E-state index is 12.1. The number of rotatable bonds is 8. The van der Waals surface area contributed by atoms with Gasteiger partial charge < -0.3 is 19.2 Å². The number of hydrogen-bond acceptors (Lipinski definition) is 6. The maximum Gasteiger partial charge on any atom is 0.307 e. The molecule has 2 aromatic carbocycles. The van der Waals surface area contributed by atoms with Gasteiger partial charge in [0.2, 0.25) is 0 Å². The van der Waals surface area contributed by atoms with E-state index in [9.17, 15) is 9.59 Å². The molecule has 0 aliphatic rings. The van der Waals surface area contributed by atoms with Crippen LogP contribution >= 0.6 is 0 Å². The van der Waals surface area contributed by atoms with E-state index in [-0.39, 0.29) is 18.3 Å². The van der Waals surface area contributed by atoms with Crippen LogP contribution in [0.4, 0.5) is 5.69 Å². The molecular weight excluding hydrogens is 374 g/mol. The molecule has 0 fully saturated rings. The molecule has 1 aromatic heterocycles. The van der Waals surface area contributed by atoms with Gasteiger partial charge in [-0.1, -0.05) is 12.1 Å². The van der Waals surface area contributed by atoms with Crippen molar-refractivity contribution in [2.45, 2.75) is 0 Å². The highest BCUT2D eigenvalue weighted by atomic mass is 16.5. The largest absolute Gasteiger partial charge is 0.495 e. The summed E-state index contributed by atoms with van der Waals surface area (Å²) in [7, 11) is 1.54. The number of hydrazone groups is 1. The van der Waals surface area contributed by atoms with Crippen LogP contribution in [0.15, 0.2) is 76.4 Å². The zero-order valence-electron chi connectivity index (χ0n) is 15.6. The van der Waals surface area contributed by atoms with Crippen LogP contribution in [0.1, 0.15) is 16.1 Å². The molecule has 0 aliphatic carbocycles. The van der Waals surface area contributed by atoms with Crippen molar-refractivity contribution in [1.82, 2.24) is 5.43 Å². The van der Waals surface area contributed by atoms with Crippen LogP contribution in [-0.4, -0.2) is 31.7 Å². The number of para-hydroxylation sites is 2. The first-order chi connectivity index (χ1) is 14.2. The van der Waals surface area contributed by atoms with E-state index in [4.69, 9.17) is 13.9 Å². The number of furan rings is 1. The molecule has 0 unspecified atom stereocenters. The summed E-state index contributed by atoms with van der Waals surface area (Å²) in [5.41, 5.74) is 3.68. The van der Waals surface area contributed by atoms with Crippen LogP contribution in [0, 0.1) is 0 Å². The van der Waals surface area contributed by atoms with Crippen LogP contribution in [0.2, 0.25) is 0 Å². The lowest BCUT2D eigenvalue weighted by Gasteiger charge is -2.10. The predicted molar refractivity (Wildman–Crippen MR) is 107 cm³/mol. The fraction of sp³-hybridized carbons (Fsp3) is 0.0952. The van der Waals surface area contributed by atoms with Crippen molar-refractivity contribution in [2.24, 2.45) is 5.10 Å². The molecule has 3 rings (SSSR count). The summed E-state index contributed by atoms with van der Waals surface area (Å²) >= 11 is 0. The first-order valence-corrected chi connectivity index (χ1v) is 8.68. The first kappa shape index (κ1) is 19.7. The Kier molecular flexibility index (Phi) is 6.62. The van der Waals surface area contributed by atoms with Gasteiger partial charge in [0.05, 0.1) is 25.3 Å². The number of methoxy groups -OCH3 is 1. The van der Waals surface area contributed by atoms with Crippen molar-refractivity contribution >= 4 is 23.7 Å². The van der Waals surface area contributed by atoms with Crippen molar-refractivity contribution in [3.63, 3.8) is 0 Å². The smallest absolute Gasteiger partial charge is 0.307 e. The Labute approximate surface area is 167 Å². The van der Waals surface area contributed by atoms with E-state index in [1.54, 1.807) is 54.6 Å². The lowest BCUT2D eigenvalue weighted by Crippen LogP contribution is -2.20. The van der Waals surface area contributed by atoms with Gasteiger partial charge in [-0.25, -0.2) is 5.43 Å². The minimum Gasteiger partial charge on any atom is -0.495 e. The minimum atomic E-state index is -0.438. The summed E-state index contributed by atoms with van der Waals surface area (Å²) in [6.07, 6.45) is 2.90. The van der Waals surface area contributed by atoms with E-state index in [0.717, 1.165) is 5.56 Å². The second-order valence-corrected chi connectivity index (χ2v) is 5.78. The van der Waals surface area contributed by atoms with Gasteiger partial charge in [0.25, 0.3) is 5.91 Å². The third kappa shape index (κ3) is 5.70. The summed E-state index contributed by atoms with van der Waals surface area (Å²) in [6, 6.07) is 17.2. The molecule has 2 amide bonds. The van der Waals surface area contributed by atoms with Crippen LogP contribution < -0.4 is 20.2 Å². The highest BCUT2D eigenvalue weighted by Gasteiger charge is 2.08. The highest BCUT2D eigenvalue weighted by Crippen LogP contribution is 2.22. The molecule has 1 heterocycles. The summed E-state index contributed by atoms with van der Waals surface area (Å²) in [5, 5.41) is 6.60. The number of anilines is 1. The molecule has 0 atom stereocenters. The number of carbonyl (C=O) groups is 2. The summed E-state index contributed by atoms with van der Waals surface area (Å²) in [6.45, 7) is -0.148. The predicted octanol–water partition coefficient (Wildman–Crippen LogP) is 3.07. The quantitative estimate of drug-likeness (QED) is 0.452. The van der Waals surface area contributed by atoms with Crippen molar-refractivity contribution in [2.75, 3.05) is 19.0 Å². The van der Waals surface area contributed by atoms with Crippen LogP contribution in [0.3, 0.4) is 0 Å². The molecule has 0 aliphatic heterocycles. The summed E-state index contributed by atoms with van der Waals surface area (Å²) < 4.78 is 15.6. The molecule has 0 saturated carbocycles. The molecule has 2 N–H and O–H groups in total. The first-order valence-electron chi connectivity index (χ1n) is 8.68. The molecule has 0 spiro atoms. The zero-order valence-corrected chi connectivity index (χ0v) is 15.6. The zero-order chi connectivity index (χ0) is 20.5. The minimum absolute atomic E-state index is 0.148. The van der Waals surface area contributed by atoms with E-state index in [1.165, 1.54) is 19.6 Å². The Morgan fingerprint density at radius 2 is 1.86 bits per heavy atom. The average molecular weight is 393 g/mol. The number of nitrogens with zero attached hydrogens (tertiary/aromatic N) is 1. The molecule has 8 nitrogen and oxygen atoms in total. The van der Waals surface area contributed by atoms with Crippen molar-refractivity contribution in [3.05, 3.63) is 78.3 Å². The number of hydrogen-bond donors (Lipinski definition) is 2. The molecule has 0 bridgehead atoms. The SMILES string of the molecule is COc1ccccc1NC(=O)COc1ccc(/C=N\NC(=O)c2ccco2)cc1. The van der Waals surface area contributed by atoms with Gasteiger partial charge in [-0.05, 0) is 54.1 Å². The number of amides is 2. The highest BCUT2D eigenvalue weighted by molar-refractivity contribution is 5.93. The van der Waals surface area contributed by atoms with Gasteiger partial charge in [-0.15, -0.1) is 0 Å². The standard InChI is InChI=1S/C21H19N3O5/c1-27-18-6-3-2-5-17(18)23-20(25)14-29-16-10-8-15(9-11-16)13-22-24-21(26)19-7-4-12-28-19/h2-13H,14H2,1H3,(H,23,25)(H,24,26)/b22-13-. The second-order valence-electron chi connectivity index (χ2n) is 5.78. The molecule has 29 heavy (non-hydrogen) atoms. The number of carbonyl (C=O) groups excluding carboxylic acids is 2. The normalized spacial score (nSPS) is 10.5. The fourth-order valence-corrected chi connectivity index (χ4v) is 2.36. The summed E-state index contributed by atoms with van der Waals surface area (Å²) in [4.78, 5) is 23.7. The van der Waals surface area contributed by atoms with Crippen molar-refractivity contribution < 1.29 is 23.5 Å². The maximum absolute atomic E-state index is 12.1. The number of benzene rings is 2. The fourth-order valence-electron chi connectivity index (χ4n) is 2.36. The lowest BCUT2D eigenvalue weighted by molar-refractivity contribution is -0.118. The molecule has 3 aromatic rings. The van der Waals surface area contributed by atoms with Gasteiger partial charge >= 0.3 is 5.91 Å². The van der Waals surface area contributed by atoms with E-state index in [2.05, 4.69) is 15.8 Å². The second kappa shape index (κ2) is 9.75. The van der Waals surface area contributed by atoms with Crippen LogP contribution in [0.25, 0.3) is 0 Å². The Bertz CT molecular complexity index is 982. The molecular formula is C21H19N3O5. The van der Waals surface area contributed by atoms with Crippen molar-refractivity contribution in [3.8, 4) is 11.5 Å². The van der Waals surface area contributed by atoms with Gasteiger partial charge in [-0.3, -0.25) is 9.59 Å². The van der Waals surface area contributed by atoms with Crippen LogP contribution in [0.5, 0.6) is 11.5 Å². The van der Waals surface area contributed by atoms with E-state index < -0.39 is 5.91 Å². The third-order valence-electron chi connectivity index (χ3n) is 3.76. The van der Waals surface area contributed by atoms with Crippen LogP contribution in [-0.2, 0) is 4.79 Å². The molecule has 148 valence electrons. The number of nitrogens with one attached hydrogen (secondary N) is 2. The average Bonchev–Trinajstić information content (AvgIpc) is 3.28. The topological polar surface area (TPSA) is 102 Å².